The van der Waals surface area contributed by atoms with E-state index >= 15 is 0 Å². The molecule has 0 bridgehead atoms. The number of nitrogens with zero attached hydrogens (tertiary/aromatic N) is 4. The van der Waals surface area contributed by atoms with Gasteiger partial charge in [-0.1, -0.05) is 0 Å². The summed E-state index contributed by atoms with van der Waals surface area (Å²) < 4.78 is 0. The molecule has 0 fully saturated rings. The van der Waals surface area contributed by atoms with Crippen molar-refractivity contribution in [3.8, 4) is 0 Å². The third-order valence-corrected chi connectivity index (χ3v) is 2.90. The Morgan fingerprint density at radius 2 is 1.90 bits per heavy atom. The number of amides is 1. The molecule has 8 heteroatoms. The SMILES string of the molecule is CCNC(=O)C(C)Nc1nc(Cl)nc(N(CC)CC)n1. The van der Waals surface area contributed by atoms with Gasteiger partial charge in [0.05, 0.1) is 0 Å². The van der Waals surface area contributed by atoms with Gasteiger partial charge in [-0.3, -0.25) is 4.79 Å². The third-order valence-electron chi connectivity index (χ3n) is 2.73. The van der Waals surface area contributed by atoms with Crippen LogP contribution in [0.3, 0.4) is 0 Å². The second-order valence-electron chi connectivity index (χ2n) is 4.16. The van der Waals surface area contributed by atoms with Gasteiger partial charge in [0.25, 0.3) is 0 Å². The van der Waals surface area contributed by atoms with E-state index in [0.29, 0.717) is 18.4 Å². The van der Waals surface area contributed by atoms with Gasteiger partial charge < -0.3 is 15.5 Å². The van der Waals surface area contributed by atoms with Crippen LogP contribution < -0.4 is 15.5 Å². The Hall–Kier alpha value is -1.63. The lowest BCUT2D eigenvalue weighted by Gasteiger charge is -2.19. The largest absolute Gasteiger partial charge is 0.355 e. The molecule has 1 atom stereocenters. The van der Waals surface area contributed by atoms with E-state index in [1.54, 1.807) is 6.92 Å². The fourth-order valence-electron chi connectivity index (χ4n) is 1.64. The van der Waals surface area contributed by atoms with Gasteiger partial charge in [0.15, 0.2) is 0 Å². The minimum absolute atomic E-state index is 0.104. The predicted molar refractivity (Wildman–Crippen MR) is 80.2 cm³/mol. The first-order valence-corrected chi connectivity index (χ1v) is 7.10. The Morgan fingerprint density at radius 3 is 2.45 bits per heavy atom. The van der Waals surface area contributed by atoms with E-state index < -0.39 is 6.04 Å². The van der Waals surface area contributed by atoms with Crippen LogP contribution in [0.5, 0.6) is 0 Å². The van der Waals surface area contributed by atoms with E-state index in [-0.39, 0.29) is 11.2 Å². The molecule has 0 aromatic carbocycles. The molecular weight excluding hydrogens is 280 g/mol. The van der Waals surface area contributed by atoms with E-state index in [0.717, 1.165) is 13.1 Å². The summed E-state index contributed by atoms with van der Waals surface area (Å²) in [5.74, 6) is 0.680. The van der Waals surface area contributed by atoms with Crippen LogP contribution >= 0.6 is 11.6 Å². The van der Waals surface area contributed by atoms with Gasteiger partial charge in [-0.25, -0.2) is 0 Å². The summed E-state index contributed by atoms with van der Waals surface area (Å²) in [6.07, 6.45) is 0. The molecule has 1 rings (SSSR count). The average molecular weight is 301 g/mol. The molecule has 0 spiro atoms. The molecule has 0 aliphatic carbocycles. The highest BCUT2D eigenvalue weighted by atomic mass is 35.5. The highest BCUT2D eigenvalue weighted by molar-refractivity contribution is 6.28. The fraction of sp³-hybridized carbons (Fsp3) is 0.667. The van der Waals surface area contributed by atoms with Crippen LogP contribution in [0, 0.1) is 0 Å². The van der Waals surface area contributed by atoms with E-state index in [1.807, 2.05) is 25.7 Å². The Balaban J connectivity index is 2.88. The average Bonchev–Trinajstić information content (AvgIpc) is 2.39. The molecule has 20 heavy (non-hydrogen) atoms. The lowest BCUT2D eigenvalue weighted by atomic mass is 10.3. The Kier molecular flexibility index (Phi) is 6.44. The maximum Gasteiger partial charge on any atom is 0.242 e. The standard InChI is InChI=1S/C12H21ClN6O/c1-5-14-9(20)8(4)15-11-16-10(13)17-12(18-11)19(6-2)7-3/h8H,5-7H2,1-4H3,(H,14,20)(H,15,16,17,18). The number of carbonyl (C=O) groups excluding carboxylic acids is 1. The molecule has 0 aliphatic rings. The molecule has 0 aliphatic heterocycles. The van der Waals surface area contributed by atoms with E-state index in [9.17, 15) is 4.79 Å². The first-order chi connectivity index (χ1) is 9.51. The Morgan fingerprint density at radius 1 is 1.25 bits per heavy atom. The highest BCUT2D eigenvalue weighted by Crippen LogP contribution is 2.14. The van der Waals surface area contributed by atoms with Crippen molar-refractivity contribution in [2.24, 2.45) is 0 Å². The van der Waals surface area contributed by atoms with Crippen LogP contribution in [0.4, 0.5) is 11.9 Å². The van der Waals surface area contributed by atoms with Crippen molar-refractivity contribution < 1.29 is 4.79 Å². The summed E-state index contributed by atoms with van der Waals surface area (Å²) in [7, 11) is 0. The predicted octanol–water partition coefficient (Wildman–Crippen LogP) is 1.31. The quantitative estimate of drug-likeness (QED) is 0.790. The molecule has 0 radical (unpaired) electrons. The van der Waals surface area contributed by atoms with Gasteiger partial charge in [0.2, 0.25) is 23.1 Å². The number of halogens is 1. The summed E-state index contributed by atoms with van der Waals surface area (Å²) in [5.41, 5.74) is 0. The molecule has 1 unspecified atom stereocenters. The normalized spacial score (nSPS) is 11.8. The summed E-state index contributed by atoms with van der Waals surface area (Å²) in [6, 6.07) is -0.446. The summed E-state index contributed by atoms with van der Waals surface area (Å²) >= 11 is 5.90. The van der Waals surface area contributed by atoms with E-state index in [1.165, 1.54) is 0 Å². The van der Waals surface area contributed by atoms with Gasteiger partial charge in [-0.15, -0.1) is 0 Å². The van der Waals surface area contributed by atoms with E-state index in [4.69, 9.17) is 11.6 Å². The van der Waals surface area contributed by atoms with Crippen LogP contribution in [0.15, 0.2) is 0 Å². The molecular formula is C12H21ClN6O. The van der Waals surface area contributed by atoms with Crippen molar-refractivity contribution in [3.05, 3.63) is 5.28 Å². The molecule has 0 saturated heterocycles. The number of nitrogens with one attached hydrogen (secondary N) is 2. The Bertz CT molecular complexity index is 452. The highest BCUT2D eigenvalue weighted by Gasteiger charge is 2.15. The maximum atomic E-state index is 11.7. The first-order valence-electron chi connectivity index (χ1n) is 6.72. The molecule has 1 heterocycles. The van der Waals surface area contributed by atoms with Gasteiger partial charge in [-0.2, -0.15) is 15.0 Å². The zero-order chi connectivity index (χ0) is 15.1. The van der Waals surface area contributed by atoms with Crippen LogP contribution in [-0.4, -0.2) is 46.5 Å². The number of likely N-dealkylation sites (N-methyl/N-ethyl adjacent to an activating group) is 1. The number of anilines is 2. The number of aromatic nitrogens is 3. The van der Waals surface area contributed by atoms with Crippen LogP contribution in [0.1, 0.15) is 27.7 Å². The number of hydrogen-bond donors (Lipinski definition) is 2. The van der Waals surface area contributed by atoms with Crippen molar-refractivity contribution in [3.63, 3.8) is 0 Å². The van der Waals surface area contributed by atoms with Crippen LogP contribution in [0.2, 0.25) is 5.28 Å². The second kappa shape index (κ2) is 7.84. The number of rotatable bonds is 7. The molecule has 1 aromatic rings. The lowest BCUT2D eigenvalue weighted by molar-refractivity contribution is -0.121. The first kappa shape index (κ1) is 16.4. The molecule has 112 valence electrons. The molecule has 2 N–H and O–H groups in total. The Labute approximate surface area is 124 Å². The third kappa shape index (κ3) is 4.48. The minimum Gasteiger partial charge on any atom is -0.355 e. The van der Waals surface area contributed by atoms with Crippen molar-refractivity contribution in [2.45, 2.75) is 33.7 Å². The molecule has 0 saturated carbocycles. The molecule has 7 nitrogen and oxygen atoms in total. The zero-order valence-corrected chi connectivity index (χ0v) is 13.0. The topological polar surface area (TPSA) is 83.0 Å². The summed E-state index contributed by atoms with van der Waals surface area (Å²) in [4.78, 5) is 26.0. The zero-order valence-electron chi connectivity index (χ0n) is 12.3. The summed E-state index contributed by atoms with van der Waals surface area (Å²) in [5, 5.41) is 5.75. The van der Waals surface area contributed by atoms with E-state index in [2.05, 4.69) is 25.6 Å². The number of hydrogen-bond acceptors (Lipinski definition) is 6. The monoisotopic (exact) mass is 300 g/mol. The fourth-order valence-corrected chi connectivity index (χ4v) is 1.79. The second-order valence-corrected chi connectivity index (χ2v) is 4.50. The van der Waals surface area contributed by atoms with Crippen molar-refractivity contribution in [1.82, 2.24) is 20.3 Å². The minimum atomic E-state index is -0.446. The van der Waals surface area contributed by atoms with Gasteiger partial charge in [-0.05, 0) is 39.3 Å². The smallest absolute Gasteiger partial charge is 0.242 e. The van der Waals surface area contributed by atoms with Gasteiger partial charge in [0, 0.05) is 19.6 Å². The van der Waals surface area contributed by atoms with Gasteiger partial charge in [0.1, 0.15) is 6.04 Å². The summed E-state index contributed by atoms with van der Waals surface area (Å²) in [6.45, 7) is 9.72. The van der Waals surface area contributed by atoms with Crippen LogP contribution in [0.25, 0.3) is 0 Å². The molecule has 1 aromatic heterocycles. The van der Waals surface area contributed by atoms with Crippen LogP contribution in [-0.2, 0) is 4.79 Å². The lowest BCUT2D eigenvalue weighted by Crippen LogP contribution is -2.38. The van der Waals surface area contributed by atoms with Crippen molar-refractivity contribution >= 4 is 29.4 Å². The van der Waals surface area contributed by atoms with Crippen molar-refractivity contribution in [1.29, 1.82) is 0 Å². The molecule has 1 amide bonds. The number of carbonyl (C=O) groups is 1. The van der Waals surface area contributed by atoms with Crippen molar-refractivity contribution in [2.75, 3.05) is 29.9 Å². The maximum absolute atomic E-state index is 11.7. The van der Waals surface area contributed by atoms with Gasteiger partial charge >= 0.3 is 0 Å².